The van der Waals surface area contributed by atoms with Crippen molar-refractivity contribution in [2.45, 2.75) is 32.1 Å². The fourth-order valence-corrected chi connectivity index (χ4v) is 3.26. The van der Waals surface area contributed by atoms with Crippen molar-refractivity contribution in [3.05, 3.63) is 54.0 Å². The summed E-state index contributed by atoms with van der Waals surface area (Å²) < 4.78 is 56.4. The molecule has 2 N–H and O–H groups in total. The quantitative estimate of drug-likeness (QED) is 0.391. The molecule has 1 fully saturated rings. The van der Waals surface area contributed by atoms with E-state index in [1.165, 1.54) is 29.2 Å². The van der Waals surface area contributed by atoms with Crippen LogP contribution in [0.25, 0.3) is 0 Å². The summed E-state index contributed by atoms with van der Waals surface area (Å²) in [5, 5.41) is 6.33. The fraction of sp³-hybridized carbons (Fsp3) is 0.429. The molecule has 0 amide bonds. The SMILES string of the molecule is CCNC(=NCc1ccnc(Oc2ccc(F)cc2)c1)NC1CCN(CC(F)(F)F)C1. The zero-order valence-electron chi connectivity index (χ0n) is 17.1. The Balaban J connectivity index is 1.58. The minimum Gasteiger partial charge on any atom is -0.439 e. The van der Waals surface area contributed by atoms with Crippen LogP contribution in [0, 0.1) is 5.82 Å². The number of pyridine rings is 1. The van der Waals surface area contributed by atoms with E-state index in [1.54, 1.807) is 18.3 Å². The summed E-state index contributed by atoms with van der Waals surface area (Å²) in [5.74, 6) is 1.01. The molecule has 0 aliphatic carbocycles. The molecule has 31 heavy (non-hydrogen) atoms. The molecule has 0 bridgehead atoms. The van der Waals surface area contributed by atoms with E-state index in [-0.39, 0.29) is 11.9 Å². The third-order valence-corrected chi connectivity index (χ3v) is 4.62. The van der Waals surface area contributed by atoms with Crippen LogP contribution in [0.4, 0.5) is 17.6 Å². The Kier molecular flexibility index (Phi) is 7.67. The van der Waals surface area contributed by atoms with Gasteiger partial charge in [-0.3, -0.25) is 4.90 Å². The van der Waals surface area contributed by atoms with E-state index < -0.39 is 12.7 Å². The van der Waals surface area contributed by atoms with Crippen LogP contribution in [0.2, 0.25) is 0 Å². The average Bonchev–Trinajstić information content (AvgIpc) is 3.13. The Hall–Kier alpha value is -2.88. The van der Waals surface area contributed by atoms with Gasteiger partial charge in [0.15, 0.2) is 5.96 Å². The van der Waals surface area contributed by atoms with Crippen LogP contribution in [-0.2, 0) is 6.54 Å². The second kappa shape index (κ2) is 10.4. The monoisotopic (exact) mass is 439 g/mol. The Morgan fingerprint density at radius 3 is 2.74 bits per heavy atom. The molecular formula is C21H25F4N5O. The van der Waals surface area contributed by atoms with Crippen LogP contribution in [-0.4, -0.2) is 54.2 Å². The van der Waals surface area contributed by atoms with Crippen LogP contribution in [0.15, 0.2) is 47.6 Å². The van der Waals surface area contributed by atoms with Gasteiger partial charge in [-0.15, -0.1) is 0 Å². The maximum absolute atomic E-state index is 13.0. The first-order chi connectivity index (χ1) is 14.8. The molecule has 1 atom stereocenters. The average molecular weight is 439 g/mol. The van der Waals surface area contributed by atoms with E-state index >= 15 is 0 Å². The predicted molar refractivity (Wildman–Crippen MR) is 110 cm³/mol. The number of aliphatic imine (C=N–C) groups is 1. The number of alkyl halides is 3. The lowest BCUT2D eigenvalue weighted by Gasteiger charge is -2.19. The molecule has 1 aliphatic rings. The second-order valence-corrected chi connectivity index (χ2v) is 7.23. The second-order valence-electron chi connectivity index (χ2n) is 7.23. The van der Waals surface area contributed by atoms with Gasteiger partial charge in [-0.2, -0.15) is 13.2 Å². The van der Waals surface area contributed by atoms with E-state index in [0.29, 0.717) is 50.2 Å². The van der Waals surface area contributed by atoms with Gasteiger partial charge in [-0.1, -0.05) is 0 Å². The molecule has 0 radical (unpaired) electrons. The smallest absolute Gasteiger partial charge is 0.401 e. The largest absolute Gasteiger partial charge is 0.439 e. The van der Waals surface area contributed by atoms with Crippen LogP contribution >= 0.6 is 0 Å². The normalized spacial score (nSPS) is 17.6. The number of guanidine groups is 1. The zero-order valence-corrected chi connectivity index (χ0v) is 17.1. The van der Waals surface area contributed by atoms with Gasteiger partial charge in [0, 0.05) is 37.9 Å². The number of nitrogens with one attached hydrogen (secondary N) is 2. The Bertz CT molecular complexity index is 873. The Morgan fingerprint density at radius 2 is 2.03 bits per heavy atom. The molecule has 6 nitrogen and oxygen atoms in total. The topological polar surface area (TPSA) is 61.8 Å². The van der Waals surface area contributed by atoms with Gasteiger partial charge in [0.25, 0.3) is 0 Å². The summed E-state index contributed by atoms with van der Waals surface area (Å²) in [6.07, 6.45) is -1.98. The van der Waals surface area contributed by atoms with Crippen molar-refractivity contribution in [2.75, 3.05) is 26.2 Å². The Labute approximate surface area is 178 Å². The third-order valence-electron chi connectivity index (χ3n) is 4.62. The van der Waals surface area contributed by atoms with E-state index in [2.05, 4.69) is 20.6 Å². The highest BCUT2D eigenvalue weighted by atomic mass is 19.4. The van der Waals surface area contributed by atoms with E-state index in [9.17, 15) is 17.6 Å². The predicted octanol–water partition coefficient (Wildman–Crippen LogP) is 3.70. The molecule has 2 heterocycles. The minimum atomic E-state index is -4.19. The molecule has 0 saturated carbocycles. The fourth-order valence-electron chi connectivity index (χ4n) is 3.26. The summed E-state index contributed by atoms with van der Waals surface area (Å²) in [4.78, 5) is 10.1. The lowest BCUT2D eigenvalue weighted by Crippen LogP contribution is -2.45. The molecule has 168 valence electrons. The summed E-state index contributed by atoms with van der Waals surface area (Å²) in [5.41, 5.74) is 0.842. The van der Waals surface area contributed by atoms with E-state index in [1.807, 2.05) is 6.92 Å². The third kappa shape index (κ3) is 7.71. The number of rotatable bonds is 7. The minimum absolute atomic E-state index is 0.102. The number of ether oxygens (including phenoxy) is 1. The van der Waals surface area contributed by atoms with E-state index in [4.69, 9.17) is 4.74 Å². The molecular weight excluding hydrogens is 414 g/mol. The number of benzene rings is 1. The molecule has 3 rings (SSSR count). The number of likely N-dealkylation sites (tertiary alicyclic amines) is 1. The number of halogens is 4. The molecule has 0 spiro atoms. The first-order valence-electron chi connectivity index (χ1n) is 10.0. The molecule has 1 aliphatic heterocycles. The first kappa shape index (κ1) is 22.8. The molecule has 1 saturated heterocycles. The Morgan fingerprint density at radius 1 is 1.26 bits per heavy atom. The number of hydrogen-bond acceptors (Lipinski definition) is 4. The highest BCUT2D eigenvalue weighted by Crippen LogP contribution is 2.21. The molecule has 1 aromatic carbocycles. The highest BCUT2D eigenvalue weighted by molar-refractivity contribution is 5.80. The van der Waals surface area contributed by atoms with Crippen molar-refractivity contribution in [1.29, 1.82) is 0 Å². The lowest BCUT2D eigenvalue weighted by molar-refractivity contribution is -0.143. The van der Waals surface area contributed by atoms with Crippen LogP contribution in [0.3, 0.4) is 0 Å². The first-order valence-corrected chi connectivity index (χ1v) is 10.0. The van der Waals surface area contributed by atoms with Gasteiger partial charge in [-0.05, 0) is 49.2 Å². The van der Waals surface area contributed by atoms with Crippen molar-refractivity contribution in [2.24, 2.45) is 4.99 Å². The standard InChI is InChI=1S/C21H25F4N5O/c1-2-26-20(29-17-8-10-30(13-17)14-21(23,24)25)28-12-15-7-9-27-19(11-15)31-18-5-3-16(22)4-6-18/h3-7,9,11,17H,2,8,10,12-14H2,1H3,(H2,26,28,29). The highest BCUT2D eigenvalue weighted by Gasteiger charge is 2.34. The van der Waals surface area contributed by atoms with Gasteiger partial charge in [0.2, 0.25) is 5.88 Å². The van der Waals surface area contributed by atoms with Crippen molar-refractivity contribution in [3.63, 3.8) is 0 Å². The summed E-state index contributed by atoms with van der Waals surface area (Å²) in [6.45, 7) is 2.69. The summed E-state index contributed by atoms with van der Waals surface area (Å²) in [7, 11) is 0. The molecule has 10 heteroatoms. The number of nitrogens with zero attached hydrogens (tertiary/aromatic N) is 3. The molecule has 2 aromatic rings. The van der Waals surface area contributed by atoms with E-state index in [0.717, 1.165) is 5.56 Å². The van der Waals surface area contributed by atoms with Gasteiger partial charge < -0.3 is 15.4 Å². The molecule has 1 unspecified atom stereocenters. The number of hydrogen-bond donors (Lipinski definition) is 2. The van der Waals surface area contributed by atoms with Gasteiger partial charge in [0.05, 0.1) is 13.1 Å². The zero-order chi connectivity index (χ0) is 22.3. The van der Waals surface area contributed by atoms with Crippen molar-refractivity contribution in [3.8, 4) is 11.6 Å². The van der Waals surface area contributed by atoms with Gasteiger partial charge in [0.1, 0.15) is 11.6 Å². The van der Waals surface area contributed by atoms with Crippen LogP contribution in [0.5, 0.6) is 11.6 Å². The number of aromatic nitrogens is 1. The molecule has 1 aromatic heterocycles. The van der Waals surface area contributed by atoms with Crippen molar-refractivity contribution < 1.29 is 22.3 Å². The van der Waals surface area contributed by atoms with Crippen molar-refractivity contribution >= 4 is 5.96 Å². The maximum atomic E-state index is 13.0. The van der Waals surface area contributed by atoms with Crippen LogP contribution < -0.4 is 15.4 Å². The van der Waals surface area contributed by atoms with Gasteiger partial charge >= 0.3 is 6.18 Å². The lowest BCUT2D eigenvalue weighted by atomic mass is 10.2. The maximum Gasteiger partial charge on any atom is 0.401 e. The summed E-state index contributed by atoms with van der Waals surface area (Å²) in [6, 6.07) is 9.06. The van der Waals surface area contributed by atoms with Crippen LogP contribution in [0.1, 0.15) is 18.9 Å². The van der Waals surface area contributed by atoms with Crippen molar-refractivity contribution in [1.82, 2.24) is 20.5 Å². The summed E-state index contributed by atoms with van der Waals surface area (Å²) >= 11 is 0. The van der Waals surface area contributed by atoms with Gasteiger partial charge in [-0.25, -0.2) is 14.4 Å².